The van der Waals surface area contributed by atoms with Crippen molar-refractivity contribution in [2.45, 2.75) is 26.3 Å². The quantitative estimate of drug-likeness (QED) is 0.392. The van der Waals surface area contributed by atoms with Crippen LogP contribution in [-0.2, 0) is 16.0 Å². The Balaban J connectivity index is 1.81. The molecule has 33 heavy (non-hydrogen) atoms. The van der Waals surface area contributed by atoms with Gasteiger partial charge in [0.15, 0.2) is 0 Å². The fraction of sp³-hybridized carbons (Fsp3) is 0.240. The van der Waals surface area contributed by atoms with E-state index in [2.05, 4.69) is 5.32 Å². The predicted molar refractivity (Wildman–Crippen MR) is 129 cm³/mol. The molecule has 1 amide bonds. The van der Waals surface area contributed by atoms with Gasteiger partial charge >= 0.3 is 11.6 Å². The summed E-state index contributed by atoms with van der Waals surface area (Å²) in [5.41, 5.74) is 3.92. The number of aryl methyl sites for hydroxylation is 2. The average molecular weight is 466 g/mol. The minimum atomic E-state index is -1.12. The Kier molecular flexibility index (Phi) is 6.29. The first-order valence-electron chi connectivity index (χ1n) is 10.4. The third-order valence-electron chi connectivity index (χ3n) is 5.67. The summed E-state index contributed by atoms with van der Waals surface area (Å²) in [5, 5.41) is 13.3. The van der Waals surface area contributed by atoms with Crippen LogP contribution in [0.5, 0.6) is 0 Å². The van der Waals surface area contributed by atoms with Crippen molar-refractivity contribution < 1.29 is 23.5 Å². The molecule has 170 valence electrons. The molecule has 2 aromatic heterocycles. The number of rotatable bonds is 7. The SMILES string of the molecule is CSC[C@H](NC(=O)Cc1c(C)c2c(cc(C)c3c(-c4ccccc4)coc32)oc1=O)C(=O)O. The highest BCUT2D eigenvalue weighted by Crippen LogP contribution is 2.38. The molecule has 0 fully saturated rings. The van der Waals surface area contributed by atoms with Crippen LogP contribution in [-0.4, -0.2) is 35.0 Å². The van der Waals surface area contributed by atoms with Crippen molar-refractivity contribution in [2.24, 2.45) is 0 Å². The summed E-state index contributed by atoms with van der Waals surface area (Å²) in [6, 6.07) is 10.6. The van der Waals surface area contributed by atoms with E-state index in [1.54, 1.807) is 25.5 Å². The van der Waals surface area contributed by atoms with Gasteiger partial charge in [-0.15, -0.1) is 0 Å². The van der Waals surface area contributed by atoms with Gasteiger partial charge in [0, 0.05) is 16.7 Å². The zero-order valence-corrected chi connectivity index (χ0v) is 19.2. The number of aliphatic carboxylic acids is 1. The molecule has 0 radical (unpaired) electrons. The molecule has 0 saturated heterocycles. The summed E-state index contributed by atoms with van der Waals surface area (Å²) < 4.78 is 11.5. The van der Waals surface area contributed by atoms with Crippen LogP contribution in [0.4, 0.5) is 0 Å². The summed E-state index contributed by atoms with van der Waals surface area (Å²) in [7, 11) is 0. The minimum absolute atomic E-state index is 0.177. The van der Waals surface area contributed by atoms with Gasteiger partial charge < -0.3 is 19.3 Å². The Morgan fingerprint density at radius 2 is 1.88 bits per heavy atom. The number of nitrogens with one attached hydrogen (secondary N) is 1. The third-order valence-corrected chi connectivity index (χ3v) is 6.34. The molecule has 0 saturated carbocycles. The second-order valence-electron chi connectivity index (χ2n) is 7.87. The van der Waals surface area contributed by atoms with Crippen molar-refractivity contribution in [1.29, 1.82) is 0 Å². The van der Waals surface area contributed by atoms with E-state index in [4.69, 9.17) is 8.83 Å². The summed E-state index contributed by atoms with van der Waals surface area (Å²) in [6.45, 7) is 3.68. The molecule has 0 aliphatic heterocycles. The van der Waals surface area contributed by atoms with Gasteiger partial charge in [0.25, 0.3) is 0 Å². The number of hydrogen-bond donors (Lipinski definition) is 2. The number of benzene rings is 2. The van der Waals surface area contributed by atoms with E-state index in [1.807, 2.05) is 37.3 Å². The van der Waals surface area contributed by atoms with Crippen molar-refractivity contribution in [3.8, 4) is 11.1 Å². The number of fused-ring (bicyclic) bond motifs is 3. The lowest BCUT2D eigenvalue weighted by Gasteiger charge is -2.14. The Hall–Kier alpha value is -3.52. The monoisotopic (exact) mass is 465 g/mol. The van der Waals surface area contributed by atoms with Crippen molar-refractivity contribution in [3.05, 3.63) is 69.8 Å². The van der Waals surface area contributed by atoms with Crippen molar-refractivity contribution in [3.63, 3.8) is 0 Å². The summed E-state index contributed by atoms with van der Waals surface area (Å²) in [5.74, 6) is -1.46. The fourth-order valence-electron chi connectivity index (χ4n) is 4.07. The average Bonchev–Trinajstić information content (AvgIpc) is 3.22. The molecular weight excluding hydrogens is 442 g/mol. The van der Waals surface area contributed by atoms with E-state index >= 15 is 0 Å². The van der Waals surface area contributed by atoms with Crippen LogP contribution in [0.2, 0.25) is 0 Å². The molecule has 8 heteroatoms. The number of amides is 1. The Morgan fingerprint density at radius 1 is 1.15 bits per heavy atom. The normalized spacial score (nSPS) is 12.2. The van der Waals surface area contributed by atoms with Crippen molar-refractivity contribution in [2.75, 3.05) is 12.0 Å². The molecule has 4 aromatic rings. The molecule has 7 nitrogen and oxygen atoms in total. The molecule has 0 aliphatic carbocycles. The van der Waals surface area contributed by atoms with E-state index in [0.717, 1.165) is 22.1 Å². The number of hydrogen-bond acceptors (Lipinski definition) is 6. The van der Waals surface area contributed by atoms with Crippen LogP contribution in [0.15, 0.2) is 56.3 Å². The van der Waals surface area contributed by atoms with E-state index in [-0.39, 0.29) is 17.7 Å². The second-order valence-corrected chi connectivity index (χ2v) is 8.78. The topological polar surface area (TPSA) is 110 Å². The van der Waals surface area contributed by atoms with Gasteiger partial charge in [-0.3, -0.25) is 4.79 Å². The van der Waals surface area contributed by atoms with E-state index in [1.165, 1.54) is 11.8 Å². The largest absolute Gasteiger partial charge is 0.480 e. The van der Waals surface area contributed by atoms with Gasteiger partial charge in [0.05, 0.1) is 23.6 Å². The van der Waals surface area contributed by atoms with Gasteiger partial charge in [-0.25, -0.2) is 9.59 Å². The number of carboxylic acids is 1. The zero-order valence-electron chi connectivity index (χ0n) is 18.4. The van der Waals surface area contributed by atoms with Gasteiger partial charge in [0.2, 0.25) is 5.91 Å². The molecule has 2 N–H and O–H groups in total. The predicted octanol–water partition coefficient (Wildman–Crippen LogP) is 4.30. The summed E-state index contributed by atoms with van der Waals surface area (Å²) >= 11 is 1.31. The molecule has 0 spiro atoms. The van der Waals surface area contributed by atoms with Crippen LogP contribution in [0.3, 0.4) is 0 Å². The van der Waals surface area contributed by atoms with Crippen molar-refractivity contribution >= 4 is 45.6 Å². The fourth-order valence-corrected chi connectivity index (χ4v) is 4.63. The highest BCUT2D eigenvalue weighted by Gasteiger charge is 2.23. The molecular formula is C25H23NO6S. The zero-order chi connectivity index (χ0) is 23.7. The molecule has 0 aliphatic rings. The van der Waals surface area contributed by atoms with E-state index in [0.29, 0.717) is 22.1 Å². The molecule has 0 unspecified atom stereocenters. The molecule has 1 atom stereocenters. The highest BCUT2D eigenvalue weighted by atomic mass is 32.2. The number of carbonyl (C=O) groups is 2. The minimum Gasteiger partial charge on any atom is -0.480 e. The lowest BCUT2D eigenvalue weighted by molar-refractivity contribution is -0.141. The van der Waals surface area contributed by atoms with Crippen LogP contribution in [0.25, 0.3) is 33.1 Å². The van der Waals surface area contributed by atoms with Crippen LogP contribution in [0, 0.1) is 13.8 Å². The maximum absolute atomic E-state index is 12.7. The van der Waals surface area contributed by atoms with Gasteiger partial charge in [0.1, 0.15) is 17.2 Å². The lowest BCUT2D eigenvalue weighted by atomic mass is 9.96. The third kappa shape index (κ3) is 4.26. The van der Waals surface area contributed by atoms with Gasteiger partial charge in [-0.1, -0.05) is 30.3 Å². The highest BCUT2D eigenvalue weighted by molar-refractivity contribution is 7.98. The smallest absolute Gasteiger partial charge is 0.340 e. The number of carboxylic acid groups (broad SMARTS) is 1. The lowest BCUT2D eigenvalue weighted by Crippen LogP contribution is -2.43. The van der Waals surface area contributed by atoms with Crippen molar-refractivity contribution in [1.82, 2.24) is 5.32 Å². The number of carbonyl (C=O) groups excluding carboxylic acids is 1. The first-order valence-corrected chi connectivity index (χ1v) is 11.7. The maximum Gasteiger partial charge on any atom is 0.340 e. The number of thioether (sulfide) groups is 1. The molecule has 4 rings (SSSR count). The Morgan fingerprint density at radius 3 is 2.55 bits per heavy atom. The first-order chi connectivity index (χ1) is 15.8. The summed E-state index contributed by atoms with van der Waals surface area (Å²) in [4.78, 5) is 36.6. The number of furan rings is 1. The van der Waals surface area contributed by atoms with Gasteiger partial charge in [-0.05, 0) is 42.9 Å². The van der Waals surface area contributed by atoms with Crippen LogP contribution >= 0.6 is 11.8 Å². The molecule has 2 heterocycles. The Bertz CT molecular complexity index is 1420. The summed E-state index contributed by atoms with van der Waals surface area (Å²) in [6.07, 6.45) is 3.15. The van der Waals surface area contributed by atoms with Gasteiger partial charge in [-0.2, -0.15) is 11.8 Å². The van der Waals surface area contributed by atoms with E-state index < -0.39 is 23.5 Å². The second kappa shape index (κ2) is 9.15. The maximum atomic E-state index is 12.7. The molecule has 2 aromatic carbocycles. The van der Waals surface area contributed by atoms with Crippen LogP contribution < -0.4 is 10.9 Å². The Labute approximate surface area is 193 Å². The van der Waals surface area contributed by atoms with E-state index in [9.17, 15) is 19.5 Å². The van der Waals surface area contributed by atoms with Crippen LogP contribution in [0.1, 0.15) is 16.7 Å². The molecule has 0 bridgehead atoms. The standard InChI is InChI=1S/C25H23NO6S/c1-13-9-19-22(23-21(13)17(11-31-23)15-7-5-4-6-8-15)14(2)16(25(30)32-19)10-20(27)26-18(12-33-3)24(28)29/h4-9,11,18H,10,12H2,1-3H3,(H,26,27)(H,28,29)/t18-/m0/s1. The first kappa shape index (κ1) is 22.7.